The summed E-state index contributed by atoms with van der Waals surface area (Å²) in [6, 6.07) is 13.5. The fourth-order valence-electron chi connectivity index (χ4n) is 2.55. The molecule has 0 atom stereocenters. The van der Waals surface area contributed by atoms with Crippen molar-refractivity contribution in [1.29, 1.82) is 0 Å². The van der Waals surface area contributed by atoms with E-state index in [2.05, 4.69) is 6.92 Å². The van der Waals surface area contributed by atoms with Gasteiger partial charge in [-0.2, -0.15) is 0 Å². The maximum atomic E-state index is 12.2. The average Bonchev–Trinajstić information content (AvgIpc) is 2.65. The van der Waals surface area contributed by atoms with Crippen LogP contribution in [0.4, 0.5) is 0 Å². The van der Waals surface area contributed by atoms with E-state index in [1.165, 1.54) is 5.56 Å². The molecule has 0 saturated carbocycles. The summed E-state index contributed by atoms with van der Waals surface area (Å²) in [5.41, 5.74) is 2.87. The highest BCUT2D eigenvalue weighted by atomic mass is 16.5. The van der Waals surface area contributed by atoms with Crippen molar-refractivity contribution in [3.8, 4) is 11.5 Å². The van der Waals surface area contributed by atoms with Crippen molar-refractivity contribution in [2.75, 3.05) is 20.8 Å². The molecule has 0 aliphatic heterocycles. The second-order valence-corrected chi connectivity index (χ2v) is 5.84. The van der Waals surface area contributed by atoms with Crippen LogP contribution in [0, 0.1) is 0 Å². The Morgan fingerprint density at radius 1 is 0.923 bits per heavy atom. The Hall–Kier alpha value is -2.37. The lowest BCUT2D eigenvalue weighted by Crippen LogP contribution is -2.15. The molecular formula is C21H26O5. The van der Waals surface area contributed by atoms with Gasteiger partial charge >= 0.3 is 5.97 Å². The summed E-state index contributed by atoms with van der Waals surface area (Å²) in [7, 11) is 3.21. The van der Waals surface area contributed by atoms with Crippen molar-refractivity contribution >= 4 is 5.97 Å². The van der Waals surface area contributed by atoms with Gasteiger partial charge in [-0.3, -0.25) is 4.79 Å². The van der Waals surface area contributed by atoms with Gasteiger partial charge in [0.15, 0.2) is 0 Å². The first kappa shape index (κ1) is 19.9. The van der Waals surface area contributed by atoms with Gasteiger partial charge in [0.25, 0.3) is 0 Å². The summed E-state index contributed by atoms with van der Waals surface area (Å²) in [5.74, 6) is 0.902. The van der Waals surface area contributed by atoms with Crippen LogP contribution in [0.3, 0.4) is 0 Å². The lowest BCUT2D eigenvalue weighted by Gasteiger charge is -2.14. The first-order valence-electron chi connectivity index (χ1n) is 8.69. The standard InChI is InChI=1S/C21H26O5/c1-4-16-8-10-19(11-9-16)25-13-12-20(22)26-21-17(14-23-2)6-5-7-18(21)15-24-3/h5-11H,4,12-15H2,1-3H3. The second-order valence-electron chi connectivity index (χ2n) is 5.84. The Morgan fingerprint density at radius 2 is 1.54 bits per heavy atom. The predicted octanol–water partition coefficient (Wildman–Crippen LogP) is 3.92. The first-order valence-corrected chi connectivity index (χ1v) is 8.69. The molecule has 5 nitrogen and oxygen atoms in total. The van der Waals surface area contributed by atoms with Crippen LogP contribution in [-0.2, 0) is 33.9 Å². The molecule has 2 aromatic carbocycles. The summed E-state index contributed by atoms with van der Waals surface area (Å²) in [6.45, 7) is 3.09. The van der Waals surface area contributed by atoms with Gasteiger partial charge in [-0.25, -0.2) is 0 Å². The van der Waals surface area contributed by atoms with E-state index in [0.29, 0.717) is 19.0 Å². The van der Waals surface area contributed by atoms with Crippen LogP contribution in [0.15, 0.2) is 42.5 Å². The van der Waals surface area contributed by atoms with Crippen LogP contribution in [0.25, 0.3) is 0 Å². The molecule has 5 heteroatoms. The van der Waals surface area contributed by atoms with Gasteiger partial charge in [0, 0.05) is 25.3 Å². The summed E-state index contributed by atoms with van der Waals surface area (Å²) in [5, 5.41) is 0. The Balaban J connectivity index is 1.93. The average molecular weight is 358 g/mol. The van der Waals surface area contributed by atoms with Gasteiger partial charge < -0.3 is 18.9 Å². The van der Waals surface area contributed by atoms with E-state index >= 15 is 0 Å². The number of esters is 1. The topological polar surface area (TPSA) is 54.0 Å². The number of aryl methyl sites for hydroxylation is 1. The molecule has 0 aliphatic carbocycles. The van der Waals surface area contributed by atoms with Crippen molar-refractivity contribution in [3.05, 3.63) is 59.2 Å². The van der Waals surface area contributed by atoms with Crippen LogP contribution in [-0.4, -0.2) is 26.8 Å². The molecular weight excluding hydrogens is 332 g/mol. The number of carbonyl (C=O) groups excluding carboxylic acids is 1. The molecule has 0 fully saturated rings. The van der Waals surface area contributed by atoms with Crippen molar-refractivity contribution < 1.29 is 23.7 Å². The number of para-hydroxylation sites is 1. The molecule has 0 bridgehead atoms. The Bertz CT molecular complexity index is 670. The van der Waals surface area contributed by atoms with Gasteiger partial charge in [0.05, 0.1) is 26.2 Å². The van der Waals surface area contributed by atoms with Crippen LogP contribution in [0.1, 0.15) is 30.0 Å². The highest BCUT2D eigenvalue weighted by Crippen LogP contribution is 2.26. The van der Waals surface area contributed by atoms with E-state index in [1.54, 1.807) is 14.2 Å². The Kier molecular flexibility index (Phi) is 8.12. The predicted molar refractivity (Wildman–Crippen MR) is 99.4 cm³/mol. The molecule has 2 rings (SSSR count). The number of benzene rings is 2. The number of hydrogen-bond donors (Lipinski definition) is 0. The molecule has 0 saturated heterocycles. The van der Waals surface area contributed by atoms with Crippen LogP contribution < -0.4 is 9.47 Å². The molecule has 0 aliphatic rings. The number of rotatable bonds is 10. The molecule has 0 radical (unpaired) electrons. The maximum absolute atomic E-state index is 12.2. The number of carbonyl (C=O) groups is 1. The molecule has 2 aromatic rings. The van der Waals surface area contributed by atoms with E-state index in [9.17, 15) is 4.79 Å². The summed E-state index contributed by atoms with van der Waals surface area (Å²) in [6.07, 6.45) is 1.14. The van der Waals surface area contributed by atoms with Crippen LogP contribution in [0.2, 0.25) is 0 Å². The third-order valence-electron chi connectivity index (χ3n) is 3.90. The summed E-state index contributed by atoms with van der Waals surface area (Å²) >= 11 is 0. The van der Waals surface area contributed by atoms with E-state index in [-0.39, 0.29) is 19.0 Å². The second kappa shape index (κ2) is 10.6. The summed E-state index contributed by atoms with van der Waals surface area (Å²) in [4.78, 5) is 12.2. The van der Waals surface area contributed by atoms with Crippen molar-refractivity contribution in [1.82, 2.24) is 0 Å². The number of hydrogen-bond acceptors (Lipinski definition) is 5. The van der Waals surface area contributed by atoms with Crippen molar-refractivity contribution in [2.45, 2.75) is 33.0 Å². The van der Waals surface area contributed by atoms with E-state index in [1.807, 2.05) is 42.5 Å². The van der Waals surface area contributed by atoms with E-state index < -0.39 is 0 Å². The molecule has 0 aromatic heterocycles. The SMILES string of the molecule is CCc1ccc(OCCC(=O)Oc2c(COC)cccc2COC)cc1. The minimum atomic E-state index is -0.351. The minimum Gasteiger partial charge on any atom is -0.493 e. The fourth-order valence-corrected chi connectivity index (χ4v) is 2.55. The molecule has 140 valence electrons. The third-order valence-corrected chi connectivity index (χ3v) is 3.90. The largest absolute Gasteiger partial charge is 0.493 e. The van der Waals surface area contributed by atoms with Gasteiger partial charge in [-0.15, -0.1) is 0 Å². The molecule has 0 spiro atoms. The molecule has 0 N–H and O–H groups in total. The van der Waals surface area contributed by atoms with Crippen LogP contribution >= 0.6 is 0 Å². The molecule has 26 heavy (non-hydrogen) atoms. The maximum Gasteiger partial charge on any atom is 0.314 e. The highest BCUT2D eigenvalue weighted by molar-refractivity contribution is 5.73. The van der Waals surface area contributed by atoms with Crippen LogP contribution in [0.5, 0.6) is 11.5 Å². The van der Waals surface area contributed by atoms with Crippen molar-refractivity contribution in [2.24, 2.45) is 0 Å². The first-order chi connectivity index (χ1) is 12.7. The number of ether oxygens (including phenoxy) is 4. The molecule has 0 unspecified atom stereocenters. The number of methoxy groups -OCH3 is 2. The highest BCUT2D eigenvalue weighted by Gasteiger charge is 2.14. The monoisotopic (exact) mass is 358 g/mol. The van der Waals surface area contributed by atoms with Gasteiger partial charge in [0.2, 0.25) is 0 Å². The zero-order valence-corrected chi connectivity index (χ0v) is 15.6. The van der Waals surface area contributed by atoms with E-state index in [4.69, 9.17) is 18.9 Å². The Morgan fingerprint density at radius 3 is 2.08 bits per heavy atom. The van der Waals surface area contributed by atoms with Crippen molar-refractivity contribution in [3.63, 3.8) is 0 Å². The van der Waals surface area contributed by atoms with Gasteiger partial charge in [0.1, 0.15) is 11.5 Å². The normalized spacial score (nSPS) is 10.6. The zero-order valence-electron chi connectivity index (χ0n) is 15.6. The van der Waals surface area contributed by atoms with E-state index in [0.717, 1.165) is 23.3 Å². The zero-order chi connectivity index (χ0) is 18.8. The summed E-state index contributed by atoms with van der Waals surface area (Å²) < 4.78 is 21.6. The lowest BCUT2D eigenvalue weighted by molar-refractivity contribution is -0.135. The molecule has 0 heterocycles. The van der Waals surface area contributed by atoms with Gasteiger partial charge in [-0.1, -0.05) is 37.3 Å². The smallest absolute Gasteiger partial charge is 0.314 e. The lowest BCUT2D eigenvalue weighted by atomic mass is 10.1. The Labute approximate surface area is 154 Å². The molecule has 0 amide bonds. The minimum absolute atomic E-state index is 0.156. The third kappa shape index (κ3) is 5.86. The quantitative estimate of drug-likeness (QED) is 0.476. The van der Waals surface area contributed by atoms with Gasteiger partial charge in [-0.05, 0) is 24.1 Å². The fraction of sp³-hybridized carbons (Fsp3) is 0.381.